The Bertz CT molecular complexity index is 1170. The molecule has 0 radical (unpaired) electrons. The number of nitrogens with two attached hydrogens (primary N) is 1. The Hall–Kier alpha value is -3.03. The van der Waals surface area contributed by atoms with Gasteiger partial charge in [-0.2, -0.15) is 0 Å². The SMILES string of the molecule is NS(=O)(=O)c1ccccc1-c1cc(-c2cnccn2)c2occc2c1. The van der Waals surface area contributed by atoms with Gasteiger partial charge in [-0.3, -0.25) is 9.97 Å². The fourth-order valence-electron chi connectivity index (χ4n) is 2.82. The van der Waals surface area contributed by atoms with Crippen LogP contribution in [0.25, 0.3) is 33.4 Å². The van der Waals surface area contributed by atoms with E-state index in [1.54, 1.807) is 43.1 Å². The molecule has 0 aliphatic heterocycles. The molecular formula is C18H13N3O3S. The smallest absolute Gasteiger partial charge is 0.238 e. The molecule has 4 rings (SSSR count). The van der Waals surface area contributed by atoms with E-state index in [9.17, 15) is 8.42 Å². The minimum Gasteiger partial charge on any atom is -0.464 e. The average Bonchev–Trinajstić information content (AvgIpc) is 3.09. The van der Waals surface area contributed by atoms with Crippen molar-refractivity contribution in [3.8, 4) is 22.4 Å². The summed E-state index contributed by atoms with van der Waals surface area (Å²) in [5, 5.41) is 6.20. The zero-order chi connectivity index (χ0) is 17.4. The molecule has 0 aliphatic rings. The molecule has 4 aromatic rings. The Kier molecular flexibility index (Phi) is 3.60. The molecule has 6 nitrogen and oxygen atoms in total. The molecule has 2 aromatic carbocycles. The van der Waals surface area contributed by atoms with Gasteiger partial charge in [0.05, 0.1) is 23.0 Å². The summed E-state index contributed by atoms with van der Waals surface area (Å²) in [6, 6.07) is 12.1. The largest absolute Gasteiger partial charge is 0.464 e. The lowest BCUT2D eigenvalue weighted by Crippen LogP contribution is -2.13. The number of hydrogen-bond donors (Lipinski definition) is 1. The monoisotopic (exact) mass is 351 g/mol. The van der Waals surface area contributed by atoms with Crippen LogP contribution in [0.1, 0.15) is 0 Å². The number of furan rings is 1. The van der Waals surface area contributed by atoms with Crippen molar-refractivity contribution in [2.75, 3.05) is 0 Å². The molecule has 0 amide bonds. The molecule has 0 saturated carbocycles. The second-order valence-electron chi connectivity index (χ2n) is 5.49. The Morgan fingerprint density at radius 1 is 1.00 bits per heavy atom. The number of sulfonamides is 1. The van der Waals surface area contributed by atoms with E-state index in [1.165, 1.54) is 6.07 Å². The van der Waals surface area contributed by atoms with Crippen LogP contribution in [-0.4, -0.2) is 18.4 Å². The number of rotatable bonds is 3. The quantitative estimate of drug-likeness (QED) is 0.611. The lowest BCUT2D eigenvalue weighted by molar-refractivity contribution is 0.598. The van der Waals surface area contributed by atoms with Gasteiger partial charge in [0.1, 0.15) is 5.58 Å². The van der Waals surface area contributed by atoms with Crippen LogP contribution in [0.3, 0.4) is 0 Å². The third-order valence-corrected chi connectivity index (χ3v) is 4.86. The van der Waals surface area contributed by atoms with Crippen molar-refractivity contribution >= 4 is 21.0 Å². The van der Waals surface area contributed by atoms with Gasteiger partial charge in [-0.25, -0.2) is 13.6 Å². The molecule has 0 bridgehead atoms. The molecule has 2 heterocycles. The molecule has 2 N–H and O–H groups in total. The Balaban J connectivity index is 2.03. The summed E-state index contributed by atoms with van der Waals surface area (Å²) in [6.45, 7) is 0. The van der Waals surface area contributed by atoms with Crippen LogP contribution < -0.4 is 5.14 Å². The minimum atomic E-state index is -3.85. The topological polar surface area (TPSA) is 99.1 Å². The third kappa shape index (κ3) is 2.79. The molecule has 124 valence electrons. The van der Waals surface area contributed by atoms with Crippen molar-refractivity contribution in [3.05, 3.63) is 67.3 Å². The van der Waals surface area contributed by atoms with Crippen LogP contribution in [0.4, 0.5) is 0 Å². The highest BCUT2D eigenvalue weighted by atomic mass is 32.2. The van der Waals surface area contributed by atoms with Crippen molar-refractivity contribution in [2.24, 2.45) is 5.14 Å². The molecule has 0 fully saturated rings. The fourth-order valence-corrected chi connectivity index (χ4v) is 3.58. The van der Waals surface area contributed by atoms with E-state index in [1.807, 2.05) is 18.2 Å². The molecule has 0 spiro atoms. The maximum Gasteiger partial charge on any atom is 0.238 e. The first kappa shape index (κ1) is 15.5. The first-order chi connectivity index (χ1) is 12.0. The second kappa shape index (κ2) is 5.80. The molecule has 0 unspecified atom stereocenters. The third-order valence-electron chi connectivity index (χ3n) is 3.89. The van der Waals surface area contributed by atoms with Crippen LogP contribution >= 0.6 is 0 Å². The molecule has 2 aromatic heterocycles. The Morgan fingerprint density at radius 3 is 2.60 bits per heavy atom. The van der Waals surface area contributed by atoms with Gasteiger partial charge in [-0.05, 0) is 29.8 Å². The molecule has 7 heteroatoms. The van der Waals surface area contributed by atoms with Gasteiger partial charge in [0.2, 0.25) is 10.0 Å². The second-order valence-corrected chi connectivity index (χ2v) is 7.02. The zero-order valence-corrected chi connectivity index (χ0v) is 13.8. The van der Waals surface area contributed by atoms with E-state index >= 15 is 0 Å². The number of fused-ring (bicyclic) bond motifs is 1. The standard InChI is InChI=1S/C18H13N3O3S/c19-25(22,23)17-4-2-1-3-14(17)13-9-12-5-8-24-18(12)15(10-13)16-11-20-6-7-21-16/h1-11H,(H2,19,22,23). The van der Waals surface area contributed by atoms with E-state index < -0.39 is 10.0 Å². The summed E-state index contributed by atoms with van der Waals surface area (Å²) in [7, 11) is -3.85. The number of aromatic nitrogens is 2. The predicted octanol–water partition coefficient (Wildman–Crippen LogP) is 3.20. The van der Waals surface area contributed by atoms with Crippen molar-refractivity contribution in [1.29, 1.82) is 0 Å². The van der Waals surface area contributed by atoms with Crippen LogP contribution in [0.2, 0.25) is 0 Å². The van der Waals surface area contributed by atoms with Gasteiger partial charge in [0.15, 0.2) is 0 Å². The van der Waals surface area contributed by atoms with Crippen LogP contribution in [0, 0.1) is 0 Å². The summed E-state index contributed by atoms with van der Waals surface area (Å²) in [6.07, 6.45) is 6.39. The van der Waals surface area contributed by atoms with Crippen molar-refractivity contribution in [2.45, 2.75) is 4.90 Å². The van der Waals surface area contributed by atoms with Crippen molar-refractivity contribution in [1.82, 2.24) is 9.97 Å². The lowest BCUT2D eigenvalue weighted by atomic mass is 9.99. The molecule has 0 aliphatic carbocycles. The molecular weight excluding hydrogens is 338 g/mol. The highest BCUT2D eigenvalue weighted by Gasteiger charge is 2.17. The lowest BCUT2D eigenvalue weighted by Gasteiger charge is -2.10. The van der Waals surface area contributed by atoms with E-state index in [2.05, 4.69) is 9.97 Å². The zero-order valence-electron chi connectivity index (χ0n) is 13.0. The van der Waals surface area contributed by atoms with Gasteiger partial charge in [0.25, 0.3) is 0 Å². The van der Waals surface area contributed by atoms with Gasteiger partial charge in [-0.1, -0.05) is 18.2 Å². The summed E-state index contributed by atoms with van der Waals surface area (Å²) in [5.74, 6) is 0. The Labute approximate surface area is 144 Å². The molecule has 25 heavy (non-hydrogen) atoms. The Morgan fingerprint density at radius 2 is 1.84 bits per heavy atom. The molecule has 0 saturated heterocycles. The number of nitrogens with zero attached hydrogens (tertiary/aromatic N) is 2. The maximum atomic E-state index is 11.9. The van der Waals surface area contributed by atoms with Crippen LogP contribution in [-0.2, 0) is 10.0 Å². The summed E-state index contributed by atoms with van der Waals surface area (Å²) in [5.41, 5.74) is 3.27. The number of primary sulfonamides is 1. The summed E-state index contributed by atoms with van der Waals surface area (Å²) >= 11 is 0. The number of hydrogen-bond acceptors (Lipinski definition) is 5. The van der Waals surface area contributed by atoms with Crippen LogP contribution in [0.15, 0.2) is 76.6 Å². The summed E-state index contributed by atoms with van der Waals surface area (Å²) in [4.78, 5) is 8.48. The van der Waals surface area contributed by atoms with Gasteiger partial charge in [0, 0.05) is 28.9 Å². The van der Waals surface area contributed by atoms with Crippen molar-refractivity contribution < 1.29 is 12.8 Å². The average molecular weight is 351 g/mol. The van der Waals surface area contributed by atoms with Gasteiger partial charge in [-0.15, -0.1) is 0 Å². The van der Waals surface area contributed by atoms with E-state index in [-0.39, 0.29) is 4.90 Å². The van der Waals surface area contributed by atoms with Crippen LogP contribution in [0.5, 0.6) is 0 Å². The predicted molar refractivity (Wildman–Crippen MR) is 94.0 cm³/mol. The minimum absolute atomic E-state index is 0.0722. The highest BCUT2D eigenvalue weighted by molar-refractivity contribution is 7.89. The van der Waals surface area contributed by atoms with Crippen molar-refractivity contribution in [3.63, 3.8) is 0 Å². The first-order valence-corrected chi connectivity index (χ1v) is 8.98. The summed E-state index contributed by atoms with van der Waals surface area (Å²) < 4.78 is 29.4. The van der Waals surface area contributed by atoms with E-state index in [0.717, 1.165) is 10.9 Å². The van der Waals surface area contributed by atoms with Gasteiger partial charge >= 0.3 is 0 Å². The fraction of sp³-hybridized carbons (Fsp3) is 0. The van der Waals surface area contributed by atoms with Gasteiger partial charge < -0.3 is 4.42 Å². The van der Waals surface area contributed by atoms with E-state index in [4.69, 9.17) is 9.56 Å². The highest BCUT2D eigenvalue weighted by Crippen LogP contribution is 2.35. The first-order valence-electron chi connectivity index (χ1n) is 7.44. The number of benzene rings is 2. The molecule has 0 atom stereocenters. The van der Waals surface area contributed by atoms with E-state index in [0.29, 0.717) is 22.4 Å². The maximum absolute atomic E-state index is 11.9. The normalized spacial score (nSPS) is 11.7.